The van der Waals surface area contributed by atoms with Crippen molar-refractivity contribution in [2.75, 3.05) is 12.4 Å². The lowest BCUT2D eigenvalue weighted by Gasteiger charge is -2.10. The molecule has 0 saturated heterocycles. The molecule has 98 valence electrons. The summed E-state index contributed by atoms with van der Waals surface area (Å²) < 4.78 is 2.52. The maximum absolute atomic E-state index is 11.8. The van der Waals surface area contributed by atoms with Gasteiger partial charge in [0, 0.05) is 17.4 Å². The van der Waals surface area contributed by atoms with E-state index in [1.165, 1.54) is 0 Å². The fourth-order valence-electron chi connectivity index (χ4n) is 2.17. The molecule has 3 rings (SSSR count). The van der Waals surface area contributed by atoms with Gasteiger partial charge in [-0.3, -0.25) is 4.79 Å². The predicted octanol–water partition coefficient (Wildman–Crippen LogP) is 2.50. The van der Waals surface area contributed by atoms with Crippen LogP contribution in [0.2, 0.25) is 5.02 Å². The first-order chi connectivity index (χ1) is 9.10. The van der Waals surface area contributed by atoms with Crippen molar-refractivity contribution >= 4 is 39.1 Å². The van der Waals surface area contributed by atoms with Gasteiger partial charge in [0.1, 0.15) is 6.04 Å². The molecule has 0 aliphatic carbocycles. The van der Waals surface area contributed by atoms with Gasteiger partial charge in [0.25, 0.3) is 0 Å². The summed E-state index contributed by atoms with van der Waals surface area (Å²) in [6.07, 6.45) is 3.48. The summed E-state index contributed by atoms with van der Waals surface area (Å²) in [6, 6.07) is 3.26. The van der Waals surface area contributed by atoms with Crippen LogP contribution < -0.4 is 10.6 Å². The normalized spacial score (nSPS) is 17.4. The second-order valence-electron chi connectivity index (χ2n) is 4.20. The number of hydrogen-bond donors (Lipinski definition) is 2. The molecule has 2 N–H and O–H groups in total. The van der Waals surface area contributed by atoms with Crippen molar-refractivity contribution in [2.24, 2.45) is 0 Å². The minimum absolute atomic E-state index is 0.0765. The standard InChI is InChI=1S/C12H10BrClN4O/c1-15-11-7-2-8(14)10(3-9(7)17-12(11)19)18-5-6(13)4-16-18/h2-5,11,15H,1H3,(H,17,19). The molecule has 1 aromatic heterocycles. The van der Waals surface area contributed by atoms with E-state index in [9.17, 15) is 4.79 Å². The average molecular weight is 342 g/mol. The third-order valence-corrected chi connectivity index (χ3v) is 3.75. The maximum Gasteiger partial charge on any atom is 0.246 e. The average Bonchev–Trinajstić information content (AvgIpc) is 2.91. The van der Waals surface area contributed by atoms with E-state index in [1.807, 2.05) is 6.07 Å². The zero-order valence-electron chi connectivity index (χ0n) is 9.95. The molecule has 1 atom stereocenters. The number of fused-ring (bicyclic) bond motifs is 1. The summed E-state index contributed by atoms with van der Waals surface area (Å²) in [4.78, 5) is 11.8. The van der Waals surface area contributed by atoms with Gasteiger partial charge in [-0.05, 0) is 35.1 Å². The highest BCUT2D eigenvalue weighted by atomic mass is 79.9. The Morgan fingerprint density at radius 2 is 2.32 bits per heavy atom. The van der Waals surface area contributed by atoms with Crippen LogP contribution in [0.25, 0.3) is 5.69 Å². The quantitative estimate of drug-likeness (QED) is 0.882. The van der Waals surface area contributed by atoms with Gasteiger partial charge in [-0.15, -0.1) is 0 Å². The van der Waals surface area contributed by atoms with Crippen LogP contribution in [-0.2, 0) is 4.79 Å². The number of amides is 1. The van der Waals surface area contributed by atoms with E-state index in [4.69, 9.17) is 11.6 Å². The molecule has 1 aliphatic heterocycles. The van der Waals surface area contributed by atoms with E-state index in [0.717, 1.165) is 21.4 Å². The highest BCUT2D eigenvalue weighted by molar-refractivity contribution is 9.10. The second-order valence-corrected chi connectivity index (χ2v) is 5.53. The molecule has 1 amide bonds. The Hall–Kier alpha value is -1.37. The Morgan fingerprint density at radius 1 is 1.53 bits per heavy atom. The van der Waals surface area contributed by atoms with Crippen LogP contribution in [0.5, 0.6) is 0 Å². The minimum Gasteiger partial charge on any atom is -0.324 e. The Balaban J connectivity index is 2.12. The molecule has 0 fully saturated rings. The zero-order chi connectivity index (χ0) is 13.6. The van der Waals surface area contributed by atoms with Crippen LogP contribution in [0, 0.1) is 0 Å². The van der Waals surface area contributed by atoms with Gasteiger partial charge in [0.05, 0.1) is 21.4 Å². The molecule has 0 spiro atoms. The van der Waals surface area contributed by atoms with Gasteiger partial charge in [-0.2, -0.15) is 5.10 Å². The fraction of sp³-hybridized carbons (Fsp3) is 0.167. The lowest BCUT2D eigenvalue weighted by molar-refractivity contribution is -0.117. The molecule has 0 bridgehead atoms. The van der Waals surface area contributed by atoms with Gasteiger partial charge < -0.3 is 10.6 Å². The van der Waals surface area contributed by atoms with Crippen molar-refractivity contribution < 1.29 is 4.79 Å². The van der Waals surface area contributed by atoms with Crippen LogP contribution in [-0.4, -0.2) is 22.7 Å². The molecule has 1 aromatic carbocycles. The predicted molar refractivity (Wildman–Crippen MR) is 76.7 cm³/mol. The van der Waals surface area contributed by atoms with Gasteiger partial charge >= 0.3 is 0 Å². The number of aromatic nitrogens is 2. The fourth-order valence-corrected chi connectivity index (χ4v) is 2.71. The van der Waals surface area contributed by atoms with Gasteiger partial charge in [-0.1, -0.05) is 11.6 Å². The number of halogens is 2. The second kappa shape index (κ2) is 4.63. The van der Waals surface area contributed by atoms with Crippen molar-refractivity contribution in [2.45, 2.75) is 6.04 Å². The summed E-state index contributed by atoms with van der Waals surface area (Å²) in [5, 5.41) is 10.5. The molecule has 7 heteroatoms. The van der Waals surface area contributed by atoms with Gasteiger partial charge in [-0.25, -0.2) is 4.68 Å². The highest BCUT2D eigenvalue weighted by Gasteiger charge is 2.30. The van der Waals surface area contributed by atoms with Crippen LogP contribution in [0.4, 0.5) is 5.69 Å². The monoisotopic (exact) mass is 340 g/mol. The van der Waals surface area contributed by atoms with Crippen LogP contribution in [0.15, 0.2) is 29.0 Å². The summed E-state index contributed by atoms with van der Waals surface area (Å²) >= 11 is 9.62. The SMILES string of the molecule is CNC1C(=O)Nc2cc(-n3cc(Br)cn3)c(Cl)cc21. The van der Waals surface area contributed by atoms with Crippen molar-refractivity contribution in [1.82, 2.24) is 15.1 Å². The molecule has 1 unspecified atom stereocenters. The molecule has 1 aliphatic rings. The van der Waals surface area contributed by atoms with Crippen molar-refractivity contribution in [3.05, 3.63) is 39.6 Å². The zero-order valence-corrected chi connectivity index (χ0v) is 12.3. The maximum atomic E-state index is 11.8. The highest BCUT2D eigenvalue weighted by Crippen LogP contribution is 2.36. The van der Waals surface area contributed by atoms with E-state index >= 15 is 0 Å². The largest absolute Gasteiger partial charge is 0.324 e. The van der Waals surface area contributed by atoms with Crippen LogP contribution >= 0.6 is 27.5 Å². The number of hydrogen-bond acceptors (Lipinski definition) is 3. The lowest BCUT2D eigenvalue weighted by atomic mass is 10.1. The van der Waals surface area contributed by atoms with Crippen LogP contribution in [0.3, 0.4) is 0 Å². The first kappa shape index (κ1) is 12.7. The molecular formula is C12H10BrClN4O. The summed E-state index contributed by atoms with van der Waals surface area (Å²) in [7, 11) is 1.74. The Labute approximate surface area is 123 Å². The molecule has 19 heavy (non-hydrogen) atoms. The van der Waals surface area contributed by atoms with Gasteiger partial charge in [0.2, 0.25) is 5.91 Å². The molecule has 5 nitrogen and oxygen atoms in total. The minimum atomic E-state index is -0.356. The van der Waals surface area contributed by atoms with E-state index in [1.54, 1.807) is 30.2 Å². The summed E-state index contributed by atoms with van der Waals surface area (Å²) in [5.74, 6) is -0.0765. The lowest BCUT2D eigenvalue weighted by Crippen LogP contribution is -2.23. The molecule has 0 radical (unpaired) electrons. The number of anilines is 1. The van der Waals surface area contributed by atoms with E-state index in [0.29, 0.717) is 5.02 Å². The van der Waals surface area contributed by atoms with E-state index in [2.05, 4.69) is 31.7 Å². The van der Waals surface area contributed by atoms with Crippen molar-refractivity contribution in [1.29, 1.82) is 0 Å². The number of nitrogens with zero attached hydrogens (tertiary/aromatic N) is 2. The molecule has 0 saturated carbocycles. The number of benzene rings is 1. The smallest absolute Gasteiger partial charge is 0.246 e. The molecule has 2 aromatic rings. The molecule has 2 heterocycles. The van der Waals surface area contributed by atoms with Crippen molar-refractivity contribution in [3.63, 3.8) is 0 Å². The van der Waals surface area contributed by atoms with E-state index < -0.39 is 0 Å². The van der Waals surface area contributed by atoms with Gasteiger partial charge in [0.15, 0.2) is 0 Å². The first-order valence-electron chi connectivity index (χ1n) is 5.62. The Morgan fingerprint density at radius 3 is 2.95 bits per heavy atom. The number of rotatable bonds is 2. The topological polar surface area (TPSA) is 59.0 Å². The third kappa shape index (κ3) is 2.05. The first-order valence-corrected chi connectivity index (χ1v) is 6.79. The van der Waals surface area contributed by atoms with Crippen LogP contribution in [0.1, 0.15) is 11.6 Å². The number of likely N-dealkylation sites (N-methyl/N-ethyl adjacent to an activating group) is 1. The number of nitrogens with one attached hydrogen (secondary N) is 2. The third-order valence-electron chi connectivity index (χ3n) is 3.04. The number of carbonyl (C=O) groups is 1. The molecular weight excluding hydrogens is 332 g/mol. The summed E-state index contributed by atoms with van der Waals surface area (Å²) in [6.45, 7) is 0. The summed E-state index contributed by atoms with van der Waals surface area (Å²) in [5.41, 5.74) is 2.34. The Kier molecular flexibility index (Phi) is 3.08. The van der Waals surface area contributed by atoms with Crippen molar-refractivity contribution in [3.8, 4) is 5.69 Å². The van der Waals surface area contributed by atoms with E-state index in [-0.39, 0.29) is 11.9 Å². The Bertz CT molecular complexity index is 670. The number of carbonyl (C=O) groups excluding carboxylic acids is 1.